The van der Waals surface area contributed by atoms with E-state index in [1.165, 1.54) is 6.07 Å². The van der Waals surface area contributed by atoms with Crippen molar-refractivity contribution in [2.75, 3.05) is 0 Å². The lowest BCUT2D eigenvalue weighted by Crippen LogP contribution is -2.04. The molecule has 1 aromatic heterocycles. The molecule has 1 heterocycles. The van der Waals surface area contributed by atoms with Gasteiger partial charge >= 0.3 is 6.61 Å². The van der Waals surface area contributed by atoms with Crippen molar-refractivity contribution in [1.29, 1.82) is 0 Å². The van der Waals surface area contributed by atoms with Crippen molar-refractivity contribution in [3.8, 4) is 17.1 Å². The number of hydrogen-bond donors (Lipinski definition) is 0. The Morgan fingerprint density at radius 2 is 1.95 bits per heavy atom. The average molecular weight is 297 g/mol. The minimum absolute atomic E-state index is 0.0477. The van der Waals surface area contributed by atoms with Gasteiger partial charge in [0.1, 0.15) is 10.9 Å². The molecule has 0 bridgehead atoms. The van der Waals surface area contributed by atoms with Crippen molar-refractivity contribution >= 4 is 11.6 Å². The van der Waals surface area contributed by atoms with Crippen molar-refractivity contribution < 1.29 is 13.5 Å². The summed E-state index contributed by atoms with van der Waals surface area (Å²) < 4.78 is 29.3. The van der Waals surface area contributed by atoms with Gasteiger partial charge in [0.25, 0.3) is 0 Å². The van der Waals surface area contributed by atoms with E-state index in [1.54, 1.807) is 24.3 Å². The lowest BCUT2D eigenvalue weighted by molar-refractivity contribution is -0.0494. The number of hydrogen-bond acceptors (Lipinski definition) is 3. The van der Waals surface area contributed by atoms with Crippen LogP contribution in [0.4, 0.5) is 8.78 Å². The van der Waals surface area contributed by atoms with Crippen LogP contribution in [0.3, 0.4) is 0 Å². The molecule has 104 valence electrons. The van der Waals surface area contributed by atoms with Gasteiger partial charge in [-0.25, -0.2) is 9.97 Å². The van der Waals surface area contributed by atoms with Gasteiger partial charge < -0.3 is 4.74 Å². The zero-order chi connectivity index (χ0) is 14.1. The first kappa shape index (κ1) is 13.2. The quantitative estimate of drug-likeness (QED) is 0.790. The predicted octanol–water partition coefficient (Wildman–Crippen LogP) is 4.28. The predicted molar refractivity (Wildman–Crippen MR) is 71.1 cm³/mol. The summed E-state index contributed by atoms with van der Waals surface area (Å²) in [5.74, 6) is 0.764. The molecule has 0 saturated heterocycles. The molecule has 0 N–H and O–H groups in total. The summed E-state index contributed by atoms with van der Waals surface area (Å²) in [6.45, 7) is -2.89. The summed E-state index contributed by atoms with van der Waals surface area (Å²) in [6, 6.07) is 8.16. The van der Waals surface area contributed by atoms with Gasteiger partial charge in [0, 0.05) is 11.6 Å². The maximum absolute atomic E-state index is 12.4. The Morgan fingerprint density at radius 3 is 2.65 bits per heavy atom. The van der Waals surface area contributed by atoms with Gasteiger partial charge in [-0.1, -0.05) is 23.7 Å². The molecule has 1 aliphatic carbocycles. The second-order valence-electron chi connectivity index (χ2n) is 4.59. The van der Waals surface area contributed by atoms with E-state index in [0.29, 0.717) is 22.5 Å². The van der Waals surface area contributed by atoms with Gasteiger partial charge in [0.2, 0.25) is 0 Å². The minimum Gasteiger partial charge on any atom is -0.434 e. The molecule has 0 aliphatic heterocycles. The minimum atomic E-state index is -2.89. The Bertz CT molecular complexity index is 632. The number of benzene rings is 1. The third-order valence-corrected chi connectivity index (χ3v) is 3.25. The third-order valence-electron chi connectivity index (χ3n) is 3.05. The summed E-state index contributed by atoms with van der Waals surface area (Å²) >= 11 is 5.99. The Balaban J connectivity index is 2.04. The summed E-state index contributed by atoms with van der Waals surface area (Å²) in [6.07, 6.45) is 2.14. The van der Waals surface area contributed by atoms with E-state index in [4.69, 9.17) is 11.6 Å². The smallest absolute Gasteiger partial charge is 0.387 e. The molecular weight excluding hydrogens is 286 g/mol. The van der Waals surface area contributed by atoms with Crippen LogP contribution in [0.2, 0.25) is 5.15 Å². The summed E-state index contributed by atoms with van der Waals surface area (Å²) in [5, 5.41) is 0.309. The lowest BCUT2D eigenvalue weighted by Gasteiger charge is -2.10. The third kappa shape index (κ3) is 2.88. The fraction of sp³-hybridized carbons (Fsp3) is 0.286. The Morgan fingerprint density at radius 1 is 1.20 bits per heavy atom. The van der Waals surface area contributed by atoms with Gasteiger partial charge in [-0.15, -0.1) is 0 Å². The first-order valence-corrected chi connectivity index (χ1v) is 6.60. The van der Waals surface area contributed by atoms with E-state index in [1.807, 2.05) is 0 Å². The average Bonchev–Trinajstić information content (AvgIpc) is 3.22. The zero-order valence-corrected chi connectivity index (χ0v) is 11.1. The van der Waals surface area contributed by atoms with Crippen LogP contribution >= 0.6 is 11.6 Å². The van der Waals surface area contributed by atoms with Crippen LogP contribution in [0, 0.1) is 0 Å². The maximum atomic E-state index is 12.4. The molecular formula is C14H11ClF2N2O. The van der Waals surface area contributed by atoms with Crippen molar-refractivity contribution in [1.82, 2.24) is 9.97 Å². The zero-order valence-electron chi connectivity index (χ0n) is 10.4. The van der Waals surface area contributed by atoms with Gasteiger partial charge in [0.15, 0.2) is 5.82 Å². The monoisotopic (exact) mass is 296 g/mol. The van der Waals surface area contributed by atoms with Crippen LogP contribution in [0.1, 0.15) is 24.5 Å². The lowest BCUT2D eigenvalue weighted by atomic mass is 10.1. The molecule has 0 unspecified atom stereocenters. The van der Waals surface area contributed by atoms with Gasteiger partial charge in [-0.2, -0.15) is 8.78 Å². The molecule has 1 aromatic carbocycles. The van der Waals surface area contributed by atoms with Crippen molar-refractivity contribution in [3.63, 3.8) is 0 Å². The highest BCUT2D eigenvalue weighted by molar-refractivity contribution is 6.29. The molecule has 2 aromatic rings. The standard InChI is InChI=1S/C14H11ClF2N2O/c15-12-7-10(8-5-6-8)18-13(19-12)9-3-1-2-4-11(9)20-14(16)17/h1-4,7-8,14H,5-6H2. The van der Waals surface area contributed by atoms with Crippen molar-refractivity contribution in [2.45, 2.75) is 25.4 Å². The summed E-state index contributed by atoms with van der Waals surface area (Å²) in [5.41, 5.74) is 1.27. The molecule has 1 fully saturated rings. The van der Waals surface area contributed by atoms with E-state index >= 15 is 0 Å². The Labute approximate surface area is 119 Å². The molecule has 0 radical (unpaired) electrons. The molecule has 20 heavy (non-hydrogen) atoms. The molecule has 0 spiro atoms. The molecule has 0 atom stereocenters. The Hall–Kier alpha value is -1.75. The van der Waals surface area contributed by atoms with Crippen molar-refractivity contribution in [3.05, 3.63) is 41.2 Å². The highest BCUT2D eigenvalue weighted by Crippen LogP contribution is 2.40. The number of nitrogens with zero attached hydrogens (tertiary/aromatic N) is 2. The normalized spacial score (nSPS) is 14.6. The fourth-order valence-corrected chi connectivity index (χ4v) is 2.19. The number of para-hydroxylation sites is 1. The topological polar surface area (TPSA) is 35.0 Å². The first-order valence-electron chi connectivity index (χ1n) is 6.22. The molecule has 1 saturated carbocycles. The van der Waals surface area contributed by atoms with E-state index in [9.17, 15) is 8.78 Å². The fourth-order valence-electron chi connectivity index (χ4n) is 1.99. The van der Waals surface area contributed by atoms with Gasteiger partial charge in [0.05, 0.1) is 5.56 Å². The van der Waals surface area contributed by atoms with Crippen LogP contribution in [-0.4, -0.2) is 16.6 Å². The highest BCUT2D eigenvalue weighted by Gasteiger charge is 2.26. The molecule has 3 rings (SSSR count). The van der Waals surface area contributed by atoms with Gasteiger partial charge in [-0.3, -0.25) is 0 Å². The molecule has 3 nitrogen and oxygen atoms in total. The number of alkyl halides is 2. The van der Waals surface area contributed by atoms with E-state index < -0.39 is 6.61 Å². The molecule has 1 aliphatic rings. The van der Waals surface area contributed by atoms with Crippen LogP contribution in [0.5, 0.6) is 5.75 Å². The molecule has 0 amide bonds. The number of rotatable bonds is 4. The largest absolute Gasteiger partial charge is 0.434 e. The van der Waals surface area contributed by atoms with Crippen LogP contribution in [0.25, 0.3) is 11.4 Å². The van der Waals surface area contributed by atoms with E-state index in [-0.39, 0.29) is 5.75 Å². The number of ether oxygens (including phenoxy) is 1. The maximum Gasteiger partial charge on any atom is 0.387 e. The number of aromatic nitrogens is 2. The second kappa shape index (κ2) is 5.32. The first-order chi connectivity index (χ1) is 9.63. The van der Waals surface area contributed by atoms with Crippen LogP contribution < -0.4 is 4.74 Å². The van der Waals surface area contributed by atoms with Crippen molar-refractivity contribution in [2.24, 2.45) is 0 Å². The van der Waals surface area contributed by atoms with E-state index in [2.05, 4.69) is 14.7 Å². The summed E-state index contributed by atoms with van der Waals surface area (Å²) in [4.78, 5) is 8.52. The Kier molecular flexibility index (Phi) is 3.53. The summed E-state index contributed by atoms with van der Waals surface area (Å²) in [7, 11) is 0. The van der Waals surface area contributed by atoms with Gasteiger partial charge in [-0.05, 0) is 31.0 Å². The molecule has 6 heteroatoms. The number of halogens is 3. The van der Waals surface area contributed by atoms with Crippen LogP contribution in [0.15, 0.2) is 30.3 Å². The van der Waals surface area contributed by atoms with Crippen LogP contribution in [-0.2, 0) is 0 Å². The highest BCUT2D eigenvalue weighted by atomic mass is 35.5. The van der Waals surface area contributed by atoms with E-state index in [0.717, 1.165) is 18.5 Å². The second-order valence-corrected chi connectivity index (χ2v) is 4.98. The SMILES string of the molecule is FC(F)Oc1ccccc1-c1nc(Cl)cc(C2CC2)n1.